The lowest BCUT2D eigenvalue weighted by Crippen LogP contribution is -2.62. The molecule has 5 heterocycles. The van der Waals surface area contributed by atoms with E-state index in [1.165, 1.54) is 97.3 Å². The van der Waals surface area contributed by atoms with Crippen molar-refractivity contribution < 1.29 is 0 Å². The Hall–Kier alpha value is -4.87. The Morgan fingerprint density at radius 3 is 2.24 bits per heavy atom. The Morgan fingerprint density at radius 2 is 1.39 bits per heavy atom. The lowest BCUT2D eigenvalue weighted by Gasteiger charge is -2.50. The van der Waals surface area contributed by atoms with Crippen LogP contribution < -0.4 is 20.7 Å². The zero-order valence-electron chi connectivity index (χ0n) is 29.0. The summed E-state index contributed by atoms with van der Waals surface area (Å²) in [5.74, 6) is 0. The zero-order chi connectivity index (χ0) is 33.6. The summed E-state index contributed by atoms with van der Waals surface area (Å²) in [6.45, 7) is 5.41. The molecule has 0 saturated heterocycles. The topological polar surface area (TPSA) is 11.4 Å². The monoisotopic (exact) mass is 675 g/mol. The van der Waals surface area contributed by atoms with Crippen molar-refractivity contribution in [2.24, 2.45) is 0 Å². The number of benzene rings is 6. The van der Waals surface area contributed by atoms with Gasteiger partial charge < -0.3 is 14.4 Å². The highest BCUT2D eigenvalue weighted by Gasteiger charge is 2.58. The quantitative estimate of drug-likeness (QED) is 0.169. The van der Waals surface area contributed by atoms with Crippen molar-refractivity contribution in [1.82, 2.24) is 4.57 Å². The van der Waals surface area contributed by atoms with E-state index < -0.39 is 0 Å². The molecule has 4 unspecified atom stereocenters. The standard InChI is InChI=1S/C46H38BN3S/c1-45-26-13-14-27-46(45,2)50-40-31(21-15-22-34(40)45)33-28-37-39-43(41(33)50)49(30-18-7-4-8-19-30)42-32-20-9-12-25-38(32)51-44(42)47(39)35-23-10-11-24-36(35)48(37)29-16-5-3-6-17-29/h3-12,15-25,28,42,44H,13-14,26-27H2,1-2H3. The lowest BCUT2D eigenvalue weighted by atomic mass is 9.33. The number of rotatable bonds is 2. The number of nitrogens with zero attached hydrogens (tertiary/aromatic N) is 3. The normalized spacial score (nSPS) is 25.1. The maximum absolute atomic E-state index is 2.89. The Kier molecular flexibility index (Phi) is 5.60. The minimum atomic E-state index is -0.0115. The Balaban J connectivity index is 1.31. The van der Waals surface area contributed by atoms with Crippen LogP contribution in [0.4, 0.5) is 28.4 Å². The van der Waals surface area contributed by atoms with E-state index in [4.69, 9.17) is 0 Å². The van der Waals surface area contributed by atoms with Crippen LogP contribution in [-0.2, 0) is 11.0 Å². The van der Waals surface area contributed by atoms with Crippen molar-refractivity contribution in [3.63, 3.8) is 0 Å². The number of hydrogen-bond acceptors (Lipinski definition) is 3. The van der Waals surface area contributed by atoms with E-state index >= 15 is 0 Å². The molecule has 1 saturated carbocycles. The van der Waals surface area contributed by atoms with Gasteiger partial charge in [-0.2, -0.15) is 0 Å². The minimum absolute atomic E-state index is 0.0115. The van der Waals surface area contributed by atoms with Gasteiger partial charge in [-0.1, -0.05) is 111 Å². The molecule has 51 heavy (non-hydrogen) atoms. The fourth-order valence-electron chi connectivity index (χ4n) is 11.4. The average molecular weight is 676 g/mol. The molecule has 1 aliphatic carbocycles. The molecule has 0 radical (unpaired) electrons. The summed E-state index contributed by atoms with van der Waals surface area (Å²) in [6, 6.07) is 51.0. The second-order valence-corrected chi connectivity index (χ2v) is 17.1. The van der Waals surface area contributed by atoms with Gasteiger partial charge in [0.25, 0.3) is 0 Å². The van der Waals surface area contributed by atoms with E-state index in [0.29, 0.717) is 5.15 Å². The van der Waals surface area contributed by atoms with Gasteiger partial charge in [-0.3, -0.25) is 0 Å². The van der Waals surface area contributed by atoms with Crippen LogP contribution in [0.1, 0.15) is 56.7 Å². The van der Waals surface area contributed by atoms with Crippen LogP contribution >= 0.6 is 11.8 Å². The number of aromatic nitrogens is 1. The highest BCUT2D eigenvalue weighted by Crippen LogP contribution is 2.63. The molecule has 0 amide bonds. The van der Waals surface area contributed by atoms with Crippen LogP contribution in [0, 0.1) is 0 Å². The molecule has 3 nitrogen and oxygen atoms in total. The summed E-state index contributed by atoms with van der Waals surface area (Å²) >= 11 is 2.10. The van der Waals surface area contributed by atoms with E-state index in [0.717, 1.165) is 0 Å². The zero-order valence-corrected chi connectivity index (χ0v) is 29.8. The highest BCUT2D eigenvalue weighted by molar-refractivity contribution is 8.02. The summed E-state index contributed by atoms with van der Waals surface area (Å²) < 4.78 is 2.89. The molecule has 12 rings (SSSR count). The molecule has 0 N–H and O–H groups in total. The minimum Gasteiger partial charge on any atom is -0.332 e. The highest BCUT2D eigenvalue weighted by atomic mass is 32.2. The van der Waals surface area contributed by atoms with Gasteiger partial charge in [0.05, 0.1) is 28.3 Å². The predicted octanol–water partition coefficient (Wildman–Crippen LogP) is 10.7. The molecular weight excluding hydrogens is 637 g/mol. The molecule has 4 atom stereocenters. The Labute approximate surface area is 304 Å². The maximum Gasteiger partial charge on any atom is 0.233 e. The molecule has 0 bridgehead atoms. The van der Waals surface area contributed by atoms with Crippen LogP contribution in [0.25, 0.3) is 21.8 Å². The molecule has 0 spiro atoms. The molecule has 4 aliphatic heterocycles. The van der Waals surface area contributed by atoms with Gasteiger partial charge in [0.1, 0.15) is 0 Å². The molecule has 5 aliphatic rings. The van der Waals surface area contributed by atoms with Gasteiger partial charge in [-0.05, 0) is 84.3 Å². The maximum atomic E-state index is 2.89. The van der Waals surface area contributed by atoms with Crippen LogP contribution in [0.5, 0.6) is 0 Å². The molecule has 7 aromatic rings. The first kappa shape index (κ1) is 28.8. The second-order valence-electron chi connectivity index (χ2n) is 15.9. The largest absolute Gasteiger partial charge is 0.332 e. The smallest absolute Gasteiger partial charge is 0.233 e. The Morgan fingerprint density at radius 1 is 0.667 bits per heavy atom. The van der Waals surface area contributed by atoms with Gasteiger partial charge >= 0.3 is 0 Å². The van der Waals surface area contributed by atoms with E-state index in [2.05, 4.69) is 173 Å². The summed E-state index contributed by atoms with van der Waals surface area (Å²) in [6.07, 6.45) is 5.01. The van der Waals surface area contributed by atoms with E-state index in [9.17, 15) is 0 Å². The number of para-hydroxylation sites is 4. The lowest BCUT2D eigenvalue weighted by molar-refractivity contribution is 0.123. The van der Waals surface area contributed by atoms with Crippen molar-refractivity contribution in [2.45, 2.75) is 66.6 Å². The Bertz CT molecular complexity index is 2600. The average Bonchev–Trinajstić information content (AvgIpc) is 3.79. The van der Waals surface area contributed by atoms with Gasteiger partial charge in [0.15, 0.2) is 0 Å². The third-order valence-electron chi connectivity index (χ3n) is 13.7. The molecular formula is C46H38BN3S. The molecule has 6 aromatic carbocycles. The summed E-state index contributed by atoms with van der Waals surface area (Å²) in [5, 5.41) is 3.10. The van der Waals surface area contributed by atoms with Crippen molar-refractivity contribution in [2.75, 3.05) is 9.80 Å². The number of hydrogen-bond donors (Lipinski definition) is 0. The molecule has 246 valence electrons. The number of anilines is 5. The third kappa shape index (κ3) is 3.40. The third-order valence-corrected chi connectivity index (χ3v) is 15.1. The van der Waals surface area contributed by atoms with E-state index in [1.54, 1.807) is 5.56 Å². The van der Waals surface area contributed by atoms with E-state index in [1.807, 2.05) is 0 Å². The van der Waals surface area contributed by atoms with Crippen LogP contribution in [0.2, 0.25) is 0 Å². The molecule has 1 aromatic heterocycles. The summed E-state index contributed by atoms with van der Waals surface area (Å²) in [7, 11) is 0. The van der Waals surface area contributed by atoms with Crippen molar-refractivity contribution in [3.8, 4) is 0 Å². The van der Waals surface area contributed by atoms with E-state index in [-0.39, 0.29) is 23.7 Å². The fourth-order valence-corrected chi connectivity index (χ4v) is 13.0. The first-order valence-corrected chi connectivity index (χ1v) is 19.7. The molecule has 1 fully saturated rings. The first-order chi connectivity index (χ1) is 25.1. The van der Waals surface area contributed by atoms with Crippen LogP contribution in [-0.4, -0.2) is 16.4 Å². The van der Waals surface area contributed by atoms with Gasteiger partial charge in [0.2, 0.25) is 6.71 Å². The predicted molar refractivity (Wildman–Crippen MR) is 216 cm³/mol. The van der Waals surface area contributed by atoms with Crippen LogP contribution in [0.15, 0.2) is 138 Å². The van der Waals surface area contributed by atoms with Gasteiger partial charge in [0, 0.05) is 49.0 Å². The van der Waals surface area contributed by atoms with Crippen molar-refractivity contribution >= 4 is 79.6 Å². The van der Waals surface area contributed by atoms with Crippen LogP contribution in [0.3, 0.4) is 0 Å². The molecule has 5 heteroatoms. The fraction of sp³-hybridized carbons (Fsp3) is 0.217. The second kappa shape index (κ2) is 9.92. The first-order valence-electron chi connectivity index (χ1n) is 18.8. The SMILES string of the molecule is CC12CCCCC1(C)n1c3c2cccc3c2cc3c4c(c21)N(c1ccccc1)C1c2ccccc2SC1B4c1ccccc1N3c1ccccc1. The summed E-state index contributed by atoms with van der Waals surface area (Å²) in [5.41, 5.74) is 15.4. The van der Waals surface area contributed by atoms with Gasteiger partial charge in [-0.25, -0.2) is 0 Å². The van der Waals surface area contributed by atoms with Crippen molar-refractivity contribution in [1.29, 1.82) is 0 Å². The number of thioether (sulfide) groups is 1. The summed E-state index contributed by atoms with van der Waals surface area (Å²) in [4.78, 5) is 6.79. The van der Waals surface area contributed by atoms with Gasteiger partial charge in [-0.15, -0.1) is 11.8 Å². The van der Waals surface area contributed by atoms with Crippen molar-refractivity contribution in [3.05, 3.63) is 145 Å². The number of fused-ring (bicyclic) bond motifs is 13.